The molecule has 5 nitrogen and oxygen atoms in total. The van der Waals surface area contributed by atoms with Crippen molar-refractivity contribution in [2.75, 3.05) is 64.3 Å². The Kier molecular flexibility index (Phi) is 5.47. The number of anilines is 1. The van der Waals surface area contributed by atoms with Gasteiger partial charge in [0.2, 0.25) is 0 Å². The van der Waals surface area contributed by atoms with Crippen molar-refractivity contribution in [1.29, 1.82) is 0 Å². The van der Waals surface area contributed by atoms with E-state index in [1.54, 1.807) is 0 Å². The third-order valence-electron chi connectivity index (χ3n) is 10.5. The number of nitrogens with one attached hydrogen (secondary N) is 3. The monoisotopic (exact) mass is 469 g/mol. The number of benzene rings is 1. The molecule has 8 atom stereocenters. The number of nitrogens with zero attached hydrogens (tertiary/aromatic N) is 2. The van der Waals surface area contributed by atoms with Crippen molar-refractivity contribution in [3.05, 3.63) is 30.3 Å². The summed E-state index contributed by atoms with van der Waals surface area (Å²) in [6.45, 7) is 10.1. The largest absolute Gasteiger partial charge is 0.361 e. The second-order valence-corrected chi connectivity index (χ2v) is 15.8. The van der Waals surface area contributed by atoms with Crippen LogP contribution in [0.2, 0.25) is 0 Å². The summed E-state index contributed by atoms with van der Waals surface area (Å²) in [5.41, 5.74) is 1.48. The highest BCUT2D eigenvalue weighted by molar-refractivity contribution is 8.36. The molecule has 6 heteroatoms. The van der Waals surface area contributed by atoms with Gasteiger partial charge in [0, 0.05) is 52.9 Å². The van der Waals surface area contributed by atoms with Gasteiger partial charge in [-0.2, -0.15) is 0 Å². The summed E-state index contributed by atoms with van der Waals surface area (Å²) in [5, 5.41) is 15.5. The van der Waals surface area contributed by atoms with E-state index in [2.05, 4.69) is 63.1 Å². The third-order valence-corrected chi connectivity index (χ3v) is 16.8. The van der Waals surface area contributed by atoms with Crippen molar-refractivity contribution >= 4 is 15.7 Å². The van der Waals surface area contributed by atoms with Gasteiger partial charge >= 0.3 is 0 Å². The minimum Gasteiger partial charge on any atom is -0.361 e. The van der Waals surface area contributed by atoms with E-state index in [0.29, 0.717) is 12.1 Å². The summed E-state index contributed by atoms with van der Waals surface area (Å²) >= 11 is 0. The van der Waals surface area contributed by atoms with Gasteiger partial charge in [0.25, 0.3) is 0 Å². The Morgan fingerprint density at radius 2 is 1.36 bits per heavy atom. The fourth-order valence-electron chi connectivity index (χ4n) is 9.53. The van der Waals surface area contributed by atoms with Crippen molar-refractivity contribution in [3.63, 3.8) is 0 Å². The lowest BCUT2D eigenvalue weighted by atomic mass is 9.80. The van der Waals surface area contributed by atoms with Crippen LogP contribution in [0.5, 0.6) is 0 Å². The third kappa shape index (κ3) is 3.07. The standard InChI is InChI=1S/C27H43N5S/c1-31-14-10-25-23(18-31)32(19-5-3-2-4-6-19)22-15-28-13-9-24(22)33(25)26-16-29-11-7-20(26)21-8-12-30-17-27(21)33/h2-6,20-30H,7-18H2,1H3. The smallest absolute Gasteiger partial charge is 0.0526 e. The van der Waals surface area contributed by atoms with Crippen molar-refractivity contribution in [1.82, 2.24) is 20.9 Å². The van der Waals surface area contributed by atoms with E-state index in [1.807, 2.05) is 0 Å². The molecule has 0 aromatic heterocycles. The molecule has 0 aliphatic carbocycles. The number of piperidine rings is 4. The summed E-state index contributed by atoms with van der Waals surface area (Å²) in [6, 6.07) is 12.8. The van der Waals surface area contributed by atoms with Crippen LogP contribution in [0.4, 0.5) is 5.69 Å². The van der Waals surface area contributed by atoms with E-state index < -0.39 is 10.0 Å². The zero-order valence-electron chi connectivity index (χ0n) is 20.3. The van der Waals surface area contributed by atoms with Gasteiger partial charge in [0.05, 0.1) is 12.1 Å². The van der Waals surface area contributed by atoms with Crippen LogP contribution in [-0.4, -0.2) is 97.4 Å². The fraction of sp³-hybridized carbons (Fsp3) is 0.778. The Balaban J connectivity index is 1.41. The molecule has 6 fully saturated rings. The highest BCUT2D eigenvalue weighted by Crippen LogP contribution is 2.78. The molecule has 3 N–H and O–H groups in total. The number of hydrogen-bond acceptors (Lipinski definition) is 5. The number of rotatable bonds is 1. The van der Waals surface area contributed by atoms with Gasteiger partial charge in [-0.1, -0.05) is 18.2 Å². The maximum absolute atomic E-state index is 3.94. The molecule has 0 bridgehead atoms. The molecule has 6 heterocycles. The molecule has 6 saturated heterocycles. The number of fused-ring (bicyclic) bond motifs is 9. The Labute approximate surface area is 201 Å². The zero-order chi connectivity index (χ0) is 22.0. The normalized spacial score (nSPS) is 49.4. The van der Waals surface area contributed by atoms with Crippen molar-refractivity contribution in [3.8, 4) is 0 Å². The molecule has 1 spiro atoms. The van der Waals surface area contributed by atoms with Crippen LogP contribution in [0.15, 0.2) is 30.3 Å². The maximum atomic E-state index is 3.94. The molecular weight excluding hydrogens is 426 g/mol. The second kappa shape index (κ2) is 8.41. The van der Waals surface area contributed by atoms with Gasteiger partial charge in [-0.25, -0.2) is 10.0 Å². The van der Waals surface area contributed by atoms with E-state index in [4.69, 9.17) is 0 Å². The number of likely N-dealkylation sites (N-methyl/N-ethyl adjacent to an activating group) is 1. The van der Waals surface area contributed by atoms with Gasteiger partial charge in [-0.15, -0.1) is 0 Å². The van der Waals surface area contributed by atoms with E-state index in [0.717, 1.165) is 32.8 Å². The predicted molar refractivity (Wildman–Crippen MR) is 141 cm³/mol. The lowest BCUT2D eigenvalue weighted by Gasteiger charge is -2.70. The second-order valence-electron chi connectivity index (χ2n) is 11.7. The van der Waals surface area contributed by atoms with Crippen LogP contribution in [-0.2, 0) is 0 Å². The molecule has 0 saturated carbocycles. The number of para-hydroxylation sites is 1. The lowest BCUT2D eigenvalue weighted by molar-refractivity contribution is 0.226. The highest BCUT2D eigenvalue weighted by Gasteiger charge is 2.68. The molecule has 6 aliphatic heterocycles. The predicted octanol–water partition coefficient (Wildman–Crippen LogP) is 2.08. The topological polar surface area (TPSA) is 42.6 Å². The molecule has 8 unspecified atom stereocenters. The summed E-state index contributed by atoms with van der Waals surface area (Å²) in [4.78, 5) is 5.59. The number of hydrogen-bond donors (Lipinski definition) is 3. The minimum atomic E-state index is -0.764. The first kappa shape index (κ1) is 21.5. The van der Waals surface area contributed by atoms with Gasteiger partial charge < -0.3 is 25.8 Å². The van der Waals surface area contributed by atoms with Gasteiger partial charge in [0.1, 0.15) is 0 Å². The zero-order valence-corrected chi connectivity index (χ0v) is 21.1. The van der Waals surface area contributed by atoms with Gasteiger partial charge in [0.15, 0.2) is 0 Å². The van der Waals surface area contributed by atoms with Crippen LogP contribution in [0.1, 0.15) is 25.7 Å². The van der Waals surface area contributed by atoms with Crippen LogP contribution in [0, 0.1) is 11.8 Å². The Morgan fingerprint density at radius 3 is 2.09 bits per heavy atom. The molecule has 1 aromatic carbocycles. The lowest BCUT2D eigenvalue weighted by Crippen LogP contribution is -2.73. The quantitative estimate of drug-likeness (QED) is 0.588. The molecular formula is C27H43N5S. The average molecular weight is 470 g/mol. The Morgan fingerprint density at radius 1 is 0.727 bits per heavy atom. The van der Waals surface area contributed by atoms with Crippen molar-refractivity contribution in [2.45, 2.75) is 58.8 Å². The molecule has 7 rings (SSSR count). The van der Waals surface area contributed by atoms with E-state index in [1.165, 1.54) is 83.7 Å². The van der Waals surface area contributed by atoms with Crippen LogP contribution in [0.3, 0.4) is 0 Å². The highest BCUT2D eigenvalue weighted by atomic mass is 32.3. The molecule has 1 aromatic rings. The summed E-state index contributed by atoms with van der Waals surface area (Å²) in [6.07, 6.45) is 5.70. The summed E-state index contributed by atoms with van der Waals surface area (Å²) in [7, 11) is 1.61. The maximum Gasteiger partial charge on any atom is 0.0526 e. The Hall–Kier alpha value is -0.790. The van der Waals surface area contributed by atoms with E-state index >= 15 is 0 Å². The average Bonchev–Trinajstić information content (AvgIpc) is 3.16. The number of likely N-dealkylation sites (tertiary alicyclic amines) is 1. The van der Waals surface area contributed by atoms with Crippen LogP contribution >= 0.6 is 10.0 Å². The molecule has 6 aliphatic rings. The van der Waals surface area contributed by atoms with Crippen LogP contribution < -0.4 is 20.9 Å². The first-order chi connectivity index (χ1) is 16.3. The van der Waals surface area contributed by atoms with E-state index in [9.17, 15) is 0 Å². The minimum absolute atomic E-state index is 0.659. The summed E-state index contributed by atoms with van der Waals surface area (Å²) in [5.74, 6) is 1.99. The Bertz CT molecular complexity index is 828. The SMILES string of the molecule is CN1CCC2C(C1)N(c1ccccc1)C1CNCCC1S21C2CNCCC2C2CCNCC21. The molecule has 0 amide bonds. The first-order valence-electron chi connectivity index (χ1n) is 13.7. The van der Waals surface area contributed by atoms with Crippen molar-refractivity contribution in [2.24, 2.45) is 11.8 Å². The molecule has 33 heavy (non-hydrogen) atoms. The first-order valence-corrected chi connectivity index (χ1v) is 15.6. The molecule has 182 valence electrons. The van der Waals surface area contributed by atoms with Gasteiger partial charge in [-0.3, -0.25) is 0 Å². The van der Waals surface area contributed by atoms with Gasteiger partial charge in [-0.05, 0) is 82.9 Å². The van der Waals surface area contributed by atoms with Crippen LogP contribution in [0.25, 0.3) is 0 Å². The fourth-order valence-corrected chi connectivity index (χ4v) is 17.5. The van der Waals surface area contributed by atoms with E-state index in [-0.39, 0.29) is 0 Å². The van der Waals surface area contributed by atoms with Crippen molar-refractivity contribution < 1.29 is 0 Å². The summed E-state index contributed by atoms with van der Waals surface area (Å²) < 4.78 is 0. The molecule has 0 radical (unpaired) electrons.